The number of H-pyrrole nitrogens is 1. The predicted octanol–water partition coefficient (Wildman–Crippen LogP) is 4.32. The summed E-state index contributed by atoms with van der Waals surface area (Å²) in [6.07, 6.45) is 0. The third kappa shape index (κ3) is 3.16. The number of benzene rings is 1. The molecule has 0 atom stereocenters. The van der Waals surface area contributed by atoms with Crippen molar-refractivity contribution in [3.63, 3.8) is 0 Å². The molecule has 0 spiro atoms. The van der Waals surface area contributed by atoms with E-state index in [2.05, 4.69) is 9.97 Å². The molecular formula is C15H17N3O2S. The van der Waals surface area contributed by atoms with E-state index in [1.807, 2.05) is 33.8 Å². The smallest absolute Gasteiger partial charge is 0.270 e. The minimum absolute atomic E-state index is 0.0559. The lowest BCUT2D eigenvalue weighted by atomic mass is 9.95. The van der Waals surface area contributed by atoms with Crippen molar-refractivity contribution in [1.29, 1.82) is 0 Å². The van der Waals surface area contributed by atoms with Gasteiger partial charge in [0.1, 0.15) is 10.5 Å². The Morgan fingerprint density at radius 2 is 2.00 bits per heavy atom. The van der Waals surface area contributed by atoms with Crippen molar-refractivity contribution in [2.24, 2.45) is 0 Å². The van der Waals surface area contributed by atoms with E-state index >= 15 is 0 Å². The minimum atomic E-state index is -0.403. The maximum Gasteiger partial charge on any atom is 0.270 e. The number of rotatable bonds is 2. The third-order valence-electron chi connectivity index (χ3n) is 3.21. The molecule has 2 aromatic rings. The third-order valence-corrected chi connectivity index (χ3v) is 3.61. The van der Waals surface area contributed by atoms with Crippen molar-refractivity contribution in [1.82, 2.24) is 9.97 Å². The van der Waals surface area contributed by atoms with Gasteiger partial charge in [-0.2, -0.15) is 0 Å². The molecule has 0 bridgehead atoms. The molecule has 2 rings (SSSR count). The summed E-state index contributed by atoms with van der Waals surface area (Å²) < 4.78 is 0.514. The molecule has 21 heavy (non-hydrogen) atoms. The van der Waals surface area contributed by atoms with Crippen LogP contribution < -0.4 is 0 Å². The van der Waals surface area contributed by atoms with Gasteiger partial charge in [-0.05, 0) is 6.92 Å². The number of nitrogens with one attached hydrogen (secondary N) is 1. The van der Waals surface area contributed by atoms with Gasteiger partial charge in [0, 0.05) is 28.7 Å². The molecule has 0 saturated heterocycles. The molecule has 1 heterocycles. The van der Waals surface area contributed by atoms with E-state index in [1.54, 1.807) is 12.1 Å². The van der Waals surface area contributed by atoms with Gasteiger partial charge >= 0.3 is 0 Å². The first kappa shape index (κ1) is 15.3. The Morgan fingerprint density at radius 1 is 1.33 bits per heavy atom. The van der Waals surface area contributed by atoms with E-state index in [-0.39, 0.29) is 11.1 Å². The lowest BCUT2D eigenvalue weighted by Gasteiger charge is -2.19. The number of hydrogen-bond donors (Lipinski definition) is 1. The first-order valence-electron chi connectivity index (χ1n) is 6.56. The second kappa shape index (κ2) is 5.37. The Morgan fingerprint density at radius 3 is 2.57 bits per heavy atom. The van der Waals surface area contributed by atoms with Crippen molar-refractivity contribution < 1.29 is 4.92 Å². The second-order valence-electron chi connectivity index (χ2n) is 5.95. The molecule has 0 fully saturated rings. The number of hydrogen-bond acceptors (Lipinski definition) is 4. The molecular weight excluding hydrogens is 286 g/mol. The molecule has 0 aliphatic carbocycles. The van der Waals surface area contributed by atoms with E-state index in [0.717, 1.165) is 22.6 Å². The van der Waals surface area contributed by atoms with Crippen LogP contribution in [0.5, 0.6) is 0 Å². The molecule has 0 saturated carbocycles. The van der Waals surface area contributed by atoms with Crippen molar-refractivity contribution in [3.05, 3.63) is 50.4 Å². The molecule has 0 amide bonds. The highest BCUT2D eigenvalue weighted by Crippen LogP contribution is 2.28. The Bertz CT molecular complexity index is 760. The number of aromatic amines is 1. The molecule has 0 radical (unpaired) electrons. The fourth-order valence-corrected chi connectivity index (χ4v) is 2.14. The molecule has 0 unspecified atom stereocenters. The number of nitro groups is 1. The average Bonchev–Trinajstić information content (AvgIpc) is 2.40. The summed E-state index contributed by atoms with van der Waals surface area (Å²) in [7, 11) is 0. The Labute approximate surface area is 128 Å². The van der Waals surface area contributed by atoms with E-state index in [4.69, 9.17) is 12.2 Å². The zero-order valence-corrected chi connectivity index (χ0v) is 13.2. The van der Waals surface area contributed by atoms with Gasteiger partial charge in [0.15, 0.2) is 0 Å². The highest BCUT2D eigenvalue weighted by atomic mass is 32.1. The average molecular weight is 303 g/mol. The van der Waals surface area contributed by atoms with Crippen molar-refractivity contribution in [2.45, 2.75) is 33.1 Å². The van der Waals surface area contributed by atoms with Crippen LogP contribution in [0.2, 0.25) is 0 Å². The summed E-state index contributed by atoms with van der Waals surface area (Å²) in [5, 5.41) is 10.9. The largest absolute Gasteiger partial charge is 0.342 e. The summed E-state index contributed by atoms with van der Waals surface area (Å²) in [4.78, 5) is 18.2. The first-order valence-corrected chi connectivity index (χ1v) is 6.97. The molecule has 110 valence electrons. The number of nitro benzene ring substituents is 1. The van der Waals surface area contributed by atoms with Gasteiger partial charge in [0.2, 0.25) is 0 Å². The van der Waals surface area contributed by atoms with Crippen LogP contribution in [0, 0.1) is 21.7 Å². The summed E-state index contributed by atoms with van der Waals surface area (Å²) in [5.74, 6) is 0.764. The van der Waals surface area contributed by atoms with Crippen LogP contribution in [0.25, 0.3) is 11.3 Å². The van der Waals surface area contributed by atoms with Gasteiger partial charge in [0.25, 0.3) is 5.69 Å². The van der Waals surface area contributed by atoms with Crippen molar-refractivity contribution in [2.75, 3.05) is 0 Å². The van der Waals surface area contributed by atoms with Crippen LogP contribution in [0.1, 0.15) is 32.2 Å². The van der Waals surface area contributed by atoms with Gasteiger partial charge in [-0.3, -0.25) is 10.1 Å². The molecule has 0 aliphatic rings. The monoisotopic (exact) mass is 303 g/mol. The highest BCUT2D eigenvalue weighted by molar-refractivity contribution is 7.71. The van der Waals surface area contributed by atoms with Gasteiger partial charge in [-0.1, -0.05) is 45.1 Å². The second-order valence-corrected chi connectivity index (χ2v) is 6.33. The topological polar surface area (TPSA) is 71.8 Å². The van der Waals surface area contributed by atoms with E-state index in [1.165, 1.54) is 6.07 Å². The van der Waals surface area contributed by atoms with Crippen LogP contribution in [-0.4, -0.2) is 14.9 Å². The highest BCUT2D eigenvalue weighted by Gasteiger charge is 2.19. The maximum atomic E-state index is 10.9. The predicted molar refractivity (Wildman–Crippen MR) is 84.9 cm³/mol. The molecule has 0 aliphatic heterocycles. The molecule has 1 aromatic carbocycles. The standard InChI is InChI=1S/C15H17N3O2S/c1-9-12(10-6-5-7-11(8-10)18(19)20)16-14(15(2,3)4)17-13(9)21/h5-8H,1-4H3,(H,16,17,21). The first-order chi connectivity index (χ1) is 9.70. The maximum absolute atomic E-state index is 10.9. The van der Waals surface area contributed by atoms with Gasteiger partial charge < -0.3 is 4.98 Å². The van der Waals surface area contributed by atoms with Gasteiger partial charge in [0.05, 0.1) is 10.6 Å². The van der Waals surface area contributed by atoms with Crippen molar-refractivity contribution in [3.8, 4) is 11.3 Å². The molecule has 5 nitrogen and oxygen atoms in total. The number of nitrogens with zero attached hydrogens (tertiary/aromatic N) is 2. The minimum Gasteiger partial charge on any atom is -0.342 e. The zero-order chi connectivity index (χ0) is 15.8. The van der Waals surface area contributed by atoms with E-state index in [0.29, 0.717) is 4.64 Å². The van der Waals surface area contributed by atoms with Crippen LogP contribution in [0.4, 0.5) is 5.69 Å². The lowest BCUT2D eigenvalue weighted by molar-refractivity contribution is -0.384. The quantitative estimate of drug-likeness (QED) is 0.509. The van der Waals surface area contributed by atoms with Crippen LogP contribution in [0.3, 0.4) is 0 Å². The summed E-state index contributed by atoms with van der Waals surface area (Å²) >= 11 is 5.32. The lowest BCUT2D eigenvalue weighted by Crippen LogP contribution is -2.17. The molecule has 1 N–H and O–H groups in total. The van der Waals surface area contributed by atoms with Crippen LogP contribution in [-0.2, 0) is 5.41 Å². The molecule has 6 heteroatoms. The zero-order valence-electron chi connectivity index (χ0n) is 12.4. The van der Waals surface area contributed by atoms with Gasteiger partial charge in [-0.15, -0.1) is 0 Å². The van der Waals surface area contributed by atoms with Crippen LogP contribution >= 0.6 is 12.2 Å². The number of aromatic nitrogens is 2. The molecule has 1 aromatic heterocycles. The van der Waals surface area contributed by atoms with Crippen LogP contribution in [0.15, 0.2) is 24.3 Å². The summed E-state index contributed by atoms with van der Waals surface area (Å²) in [6.45, 7) is 7.97. The summed E-state index contributed by atoms with van der Waals surface area (Å²) in [5.41, 5.74) is 2.21. The number of non-ortho nitro benzene ring substituents is 1. The SMILES string of the molecule is Cc1c(-c2cccc([N+](=O)[O-])c2)[nH]c(C(C)(C)C)nc1=S. The Hall–Kier alpha value is -2.08. The van der Waals surface area contributed by atoms with E-state index in [9.17, 15) is 10.1 Å². The van der Waals surface area contributed by atoms with Gasteiger partial charge in [-0.25, -0.2) is 4.98 Å². The van der Waals surface area contributed by atoms with E-state index < -0.39 is 4.92 Å². The summed E-state index contributed by atoms with van der Waals surface area (Å²) in [6, 6.07) is 6.51. The Kier molecular flexibility index (Phi) is 3.91. The normalized spacial score (nSPS) is 11.4. The fraction of sp³-hybridized carbons (Fsp3) is 0.333. The van der Waals surface area contributed by atoms with Crippen molar-refractivity contribution >= 4 is 17.9 Å². The fourth-order valence-electron chi connectivity index (χ4n) is 1.95. The Balaban J connectivity index is 2.69.